The molecule has 1 aliphatic heterocycles. The summed E-state index contributed by atoms with van der Waals surface area (Å²) in [5.41, 5.74) is 3.38. The number of methoxy groups -OCH3 is 1. The highest BCUT2D eigenvalue weighted by Crippen LogP contribution is 2.37. The van der Waals surface area contributed by atoms with Gasteiger partial charge in [-0.05, 0) is 65.3 Å². The van der Waals surface area contributed by atoms with Crippen LogP contribution in [0.3, 0.4) is 0 Å². The molecule has 1 aliphatic rings. The van der Waals surface area contributed by atoms with Crippen molar-refractivity contribution in [1.82, 2.24) is 19.8 Å². The van der Waals surface area contributed by atoms with Crippen LogP contribution < -0.4 is 15.6 Å². The quantitative estimate of drug-likeness (QED) is 0.446. The lowest BCUT2D eigenvalue weighted by Crippen LogP contribution is -2.43. The molecule has 1 amide bonds. The molecule has 0 radical (unpaired) electrons. The number of likely N-dealkylation sites (tertiary alicyclic amines) is 1. The van der Waals surface area contributed by atoms with Crippen LogP contribution in [0.15, 0.2) is 35.1 Å². The lowest BCUT2D eigenvalue weighted by molar-refractivity contribution is 0.0715. The van der Waals surface area contributed by atoms with Gasteiger partial charge in [-0.1, -0.05) is 18.2 Å². The molecule has 3 heterocycles. The van der Waals surface area contributed by atoms with Gasteiger partial charge in [-0.25, -0.2) is 0 Å². The van der Waals surface area contributed by atoms with Crippen molar-refractivity contribution < 1.29 is 14.6 Å². The van der Waals surface area contributed by atoms with Crippen LogP contribution in [0.25, 0.3) is 10.9 Å². The summed E-state index contributed by atoms with van der Waals surface area (Å²) in [6.45, 7) is 7.16. The number of piperidine rings is 1. The first-order valence-corrected chi connectivity index (χ1v) is 12.2. The summed E-state index contributed by atoms with van der Waals surface area (Å²) in [6, 6.07) is 10.1. The lowest BCUT2D eigenvalue weighted by atomic mass is 9.86. The van der Waals surface area contributed by atoms with Crippen molar-refractivity contribution in [3.05, 3.63) is 63.2 Å². The molecule has 3 unspecified atom stereocenters. The number of halogens is 1. The van der Waals surface area contributed by atoms with Gasteiger partial charge in [0.15, 0.2) is 0 Å². The van der Waals surface area contributed by atoms with Crippen LogP contribution in [0, 0.1) is 19.8 Å². The van der Waals surface area contributed by atoms with Gasteiger partial charge >= 0.3 is 0 Å². The summed E-state index contributed by atoms with van der Waals surface area (Å²) >= 11 is 0. The Kier molecular flexibility index (Phi) is 8.87. The number of nitrogens with one attached hydrogen (secondary N) is 2. The van der Waals surface area contributed by atoms with E-state index in [-0.39, 0.29) is 49.1 Å². The first kappa shape index (κ1) is 27.8. The number of para-hydroxylation sites is 1. The molecule has 8 nitrogen and oxygen atoms in total. The molecule has 0 bridgehead atoms. The minimum atomic E-state index is -0.268. The van der Waals surface area contributed by atoms with Crippen LogP contribution in [0.4, 0.5) is 0 Å². The van der Waals surface area contributed by atoms with Gasteiger partial charge in [0.05, 0.1) is 31.4 Å². The Balaban J connectivity index is 0.00000361. The normalized spacial score (nSPS) is 19.1. The van der Waals surface area contributed by atoms with E-state index in [2.05, 4.69) is 39.8 Å². The van der Waals surface area contributed by atoms with Crippen LogP contribution >= 0.6 is 12.4 Å². The minimum absolute atomic E-state index is 0. The molecule has 1 fully saturated rings. The number of nitrogens with zero attached hydrogens (tertiary/aromatic N) is 2. The number of hydrogen-bond donors (Lipinski definition) is 3. The summed E-state index contributed by atoms with van der Waals surface area (Å²) in [5, 5.41) is 13.7. The number of ether oxygens (including phenoxy) is 1. The number of benzene rings is 1. The van der Waals surface area contributed by atoms with Gasteiger partial charge < -0.3 is 29.6 Å². The predicted molar refractivity (Wildman–Crippen MR) is 144 cm³/mol. The number of H-pyrrole nitrogens is 1. The summed E-state index contributed by atoms with van der Waals surface area (Å²) < 4.78 is 7.64. The molecule has 9 heteroatoms. The number of fused-ring (bicyclic) bond motifs is 1. The summed E-state index contributed by atoms with van der Waals surface area (Å²) in [7, 11) is 3.58. The maximum absolute atomic E-state index is 13.5. The lowest BCUT2D eigenvalue weighted by Gasteiger charge is -2.39. The van der Waals surface area contributed by atoms with Crippen molar-refractivity contribution in [1.29, 1.82) is 0 Å². The van der Waals surface area contributed by atoms with Crippen LogP contribution in [-0.4, -0.2) is 58.8 Å². The number of likely N-dealkylation sites (N-methyl/N-ethyl adjacent to an activating group) is 1. The molecule has 3 aromatic rings. The van der Waals surface area contributed by atoms with Gasteiger partial charge in [0, 0.05) is 34.4 Å². The van der Waals surface area contributed by atoms with Crippen LogP contribution in [0.5, 0.6) is 5.75 Å². The molecule has 4 rings (SSSR count). The van der Waals surface area contributed by atoms with Crippen LogP contribution in [-0.2, 0) is 6.54 Å². The van der Waals surface area contributed by atoms with Crippen molar-refractivity contribution in [3.8, 4) is 5.75 Å². The Morgan fingerprint density at radius 3 is 2.72 bits per heavy atom. The molecular weight excluding hydrogens is 480 g/mol. The van der Waals surface area contributed by atoms with Gasteiger partial charge in [0.25, 0.3) is 11.5 Å². The van der Waals surface area contributed by atoms with E-state index in [4.69, 9.17) is 4.74 Å². The van der Waals surface area contributed by atoms with Crippen LogP contribution in [0.1, 0.15) is 53.1 Å². The first-order chi connectivity index (χ1) is 16.8. The van der Waals surface area contributed by atoms with Crippen molar-refractivity contribution in [2.75, 3.05) is 27.3 Å². The number of aromatic amines is 1. The summed E-state index contributed by atoms with van der Waals surface area (Å²) in [6.07, 6.45) is 1.95. The van der Waals surface area contributed by atoms with E-state index in [1.165, 1.54) is 7.11 Å². The number of aryl methyl sites for hydroxylation is 1. The molecule has 0 aliphatic carbocycles. The van der Waals surface area contributed by atoms with E-state index in [9.17, 15) is 14.7 Å². The number of aliphatic hydroxyl groups excluding tert-OH is 1. The predicted octanol–water partition coefficient (Wildman–Crippen LogP) is 3.57. The molecule has 3 atom stereocenters. The van der Waals surface area contributed by atoms with Gasteiger partial charge in [0.1, 0.15) is 5.75 Å². The number of amides is 1. The Bertz CT molecular complexity index is 1280. The molecule has 196 valence electrons. The Morgan fingerprint density at radius 2 is 2.03 bits per heavy atom. The maximum Gasteiger partial charge on any atom is 0.256 e. The standard InChI is InChI=1S/C27H36N4O4.ClH/c1-16-12-24(35-5)22(26(33)29-16)14-28-27(34)25-18(3)31(23-9-7-6-8-21(23)25)17(2)19-10-11-30(4)20(13-19)15-32;/h6-9,12,17,19-20,32H,10-11,13-15H2,1-5H3,(H,28,34)(H,29,33);1H. The number of rotatable bonds is 7. The molecule has 2 aromatic heterocycles. The van der Waals surface area contributed by atoms with Gasteiger partial charge in [-0.15, -0.1) is 12.4 Å². The zero-order valence-corrected chi connectivity index (χ0v) is 22.4. The monoisotopic (exact) mass is 516 g/mol. The third-order valence-electron chi connectivity index (χ3n) is 7.61. The van der Waals surface area contributed by atoms with E-state index in [0.717, 1.165) is 36.0 Å². The molecule has 36 heavy (non-hydrogen) atoms. The Morgan fingerprint density at radius 1 is 1.31 bits per heavy atom. The largest absolute Gasteiger partial charge is 0.496 e. The molecule has 1 saturated heterocycles. The van der Waals surface area contributed by atoms with Gasteiger partial charge in [0.2, 0.25) is 0 Å². The highest BCUT2D eigenvalue weighted by molar-refractivity contribution is 6.08. The highest BCUT2D eigenvalue weighted by Gasteiger charge is 2.32. The second-order valence-corrected chi connectivity index (χ2v) is 9.70. The Labute approximate surface area is 218 Å². The molecule has 1 aromatic carbocycles. The first-order valence-electron chi connectivity index (χ1n) is 12.2. The molecule has 3 N–H and O–H groups in total. The summed E-state index contributed by atoms with van der Waals surface area (Å²) in [4.78, 5) is 30.9. The van der Waals surface area contributed by atoms with E-state index in [1.54, 1.807) is 13.0 Å². The molecule has 0 saturated carbocycles. The molecular formula is C27H37ClN4O4. The Hall–Kier alpha value is -2.81. The minimum Gasteiger partial charge on any atom is -0.496 e. The number of aliphatic hydroxyl groups is 1. The van der Waals surface area contributed by atoms with E-state index in [0.29, 0.717) is 28.5 Å². The summed E-state index contributed by atoms with van der Waals surface area (Å²) in [5.74, 6) is 0.632. The number of carbonyl (C=O) groups is 1. The van der Waals surface area contributed by atoms with E-state index < -0.39 is 0 Å². The number of carbonyl (C=O) groups excluding carboxylic acids is 1. The number of aromatic nitrogens is 2. The fourth-order valence-corrected chi connectivity index (χ4v) is 5.56. The second-order valence-electron chi connectivity index (χ2n) is 9.70. The third kappa shape index (κ3) is 5.16. The number of hydrogen-bond acceptors (Lipinski definition) is 5. The van der Waals surface area contributed by atoms with Crippen molar-refractivity contribution in [3.63, 3.8) is 0 Å². The highest BCUT2D eigenvalue weighted by atomic mass is 35.5. The third-order valence-corrected chi connectivity index (χ3v) is 7.61. The maximum atomic E-state index is 13.5. The SMILES string of the molecule is COc1cc(C)[nH]c(=O)c1CNC(=O)c1c(C)n(C(C)C2CCN(C)C(CO)C2)c2ccccc12.Cl. The topological polar surface area (TPSA) is 99.6 Å². The smallest absolute Gasteiger partial charge is 0.256 e. The van der Waals surface area contributed by atoms with E-state index >= 15 is 0 Å². The number of pyridine rings is 1. The fourth-order valence-electron chi connectivity index (χ4n) is 5.56. The molecule has 0 spiro atoms. The fraction of sp³-hybridized carbons (Fsp3) is 0.481. The second kappa shape index (κ2) is 11.5. The van der Waals surface area contributed by atoms with Gasteiger partial charge in [-0.3, -0.25) is 9.59 Å². The van der Waals surface area contributed by atoms with Crippen LogP contribution in [0.2, 0.25) is 0 Å². The van der Waals surface area contributed by atoms with E-state index in [1.807, 2.05) is 25.1 Å². The van der Waals surface area contributed by atoms with Crippen molar-refractivity contribution >= 4 is 29.2 Å². The zero-order chi connectivity index (χ0) is 25.3. The average Bonchev–Trinajstić information content (AvgIpc) is 3.14. The zero-order valence-electron chi connectivity index (χ0n) is 21.6. The average molecular weight is 517 g/mol. The van der Waals surface area contributed by atoms with Crippen molar-refractivity contribution in [2.45, 2.75) is 52.2 Å². The van der Waals surface area contributed by atoms with Crippen molar-refractivity contribution in [2.24, 2.45) is 5.92 Å². The van der Waals surface area contributed by atoms with Gasteiger partial charge in [-0.2, -0.15) is 0 Å².